The summed E-state index contributed by atoms with van der Waals surface area (Å²) in [6.45, 7) is 0.954. The molecule has 0 unspecified atom stereocenters. The molecule has 21 heavy (non-hydrogen) atoms. The van der Waals surface area contributed by atoms with E-state index in [2.05, 4.69) is 4.98 Å². The molecule has 0 amide bonds. The van der Waals surface area contributed by atoms with Crippen LogP contribution in [0.1, 0.15) is 18.4 Å². The highest BCUT2D eigenvalue weighted by molar-refractivity contribution is 7.88. The first-order chi connectivity index (χ1) is 10.1. The highest BCUT2D eigenvalue weighted by Gasteiger charge is 2.33. The van der Waals surface area contributed by atoms with Gasteiger partial charge >= 0.3 is 0 Å². The quantitative estimate of drug-likeness (QED) is 0.928. The molecule has 6 heteroatoms. The van der Waals surface area contributed by atoms with Crippen LogP contribution in [0.25, 0.3) is 10.9 Å². The molecule has 1 aromatic heterocycles. The Morgan fingerprint density at radius 1 is 1.29 bits per heavy atom. The number of aromatic nitrogens is 1. The van der Waals surface area contributed by atoms with E-state index < -0.39 is 10.0 Å². The van der Waals surface area contributed by atoms with Crippen LogP contribution in [0, 0.1) is 0 Å². The van der Waals surface area contributed by atoms with Crippen LogP contribution in [-0.4, -0.2) is 36.8 Å². The van der Waals surface area contributed by atoms with Crippen molar-refractivity contribution in [2.24, 2.45) is 5.73 Å². The van der Waals surface area contributed by atoms with Gasteiger partial charge in [-0.05, 0) is 24.5 Å². The summed E-state index contributed by atoms with van der Waals surface area (Å²) in [5.74, 6) is -0.0160. The Hall–Kier alpha value is -1.50. The lowest BCUT2D eigenvalue weighted by Gasteiger charge is -2.23. The van der Waals surface area contributed by atoms with Crippen LogP contribution in [0.5, 0.6) is 0 Å². The van der Waals surface area contributed by atoms with Crippen molar-refractivity contribution in [2.75, 3.05) is 13.1 Å². The van der Waals surface area contributed by atoms with Crippen LogP contribution in [-0.2, 0) is 15.8 Å². The average Bonchev–Trinajstić information content (AvgIpc) is 2.97. The standard InChI is InChI=1S/C15H19N3O2S/c16-10-14-7-3-9-18(14)21(19,20)11-13-5-1-4-12-6-2-8-17-15(12)13/h1-2,4-6,8,14H,3,7,9-11,16H2/t14-/m1/s1. The van der Waals surface area contributed by atoms with E-state index >= 15 is 0 Å². The molecule has 2 aromatic rings. The van der Waals surface area contributed by atoms with E-state index in [4.69, 9.17) is 5.73 Å². The maximum Gasteiger partial charge on any atom is 0.218 e. The molecule has 112 valence electrons. The van der Waals surface area contributed by atoms with Crippen LogP contribution in [0.15, 0.2) is 36.5 Å². The van der Waals surface area contributed by atoms with Gasteiger partial charge in [0.1, 0.15) is 0 Å². The molecule has 3 rings (SSSR count). The first-order valence-corrected chi connectivity index (χ1v) is 8.75. The number of nitrogens with zero attached hydrogens (tertiary/aromatic N) is 2. The number of pyridine rings is 1. The molecule has 1 atom stereocenters. The monoisotopic (exact) mass is 305 g/mol. The summed E-state index contributed by atoms with van der Waals surface area (Å²) >= 11 is 0. The molecule has 1 saturated heterocycles. The fourth-order valence-electron chi connectivity index (χ4n) is 2.97. The Kier molecular flexibility index (Phi) is 3.93. The van der Waals surface area contributed by atoms with Gasteiger partial charge in [-0.1, -0.05) is 24.3 Å². The van der Waals surface area contributed by atoms with E-state index in [0.29, 0.717) is 13.1 Å². The molecule has 5 nitrogen and oxygen atoms in total. The van der Waals surface area contributed by atoms with Gasteiger partial charge in [0.15, 0.2) is 0 Å². The lowest BCUT2D eigenvalue weighted by Crippen LogP contribution is -2.40. The van der Waals surface area contributed by atoms with Crippen molar-refractivity contribution in [1.29, 1.82) is 0 Å². The zero-order chi connectivity index (χ0) is 14.9. The summed E-state index contributed by atoms with van der Waals surface area (Å²) in [6.07, 6.45) is 3.43. The minimum atomic E-state index is -3.35. The number of benzene rings is 1. The third kappa shape index (κ3) is 2.79. The SMILES string of the molecule is NC[C@H]1CCCN1S(=O)(=O)Cc1cccc2cccnc12. The molecule has 1 aliphatic rings. The zero-order valence-corrected chi connectivity index (χ0v) is 12.6. The summed E-state index contributed by atoms with van der Waals surface area (Å²) in [5.41, 5.74) is 7.19. The predicted molar refractivity (Wildman–Crippen MR) is 83.1 cm³/mol. The molecule has 0 bridgehead atoms. The van der Waals surface area contributed by atoms with Crippen molar-refractivity contribution in [3.63, 3.8) is 0 Å². The van der Waals surface area contributed by atoms with E-state index in [-0.39, 0.29) is 11.8 Å². The third-order valence-electron chi connectivity index (χ3n) is 4.01. The maximum atomic E-state index is 12.7. The van der Waals surface area contributed by atoms with Crippen LogP contribution < -0.4 is 5.73 Å². The second kappa shape index (κ2) is 5.71. The molecule has 0 saturated carbocycles. The summed E-state index contributed by atoms with van der Waals surface area (Å²) in [7, 11) is -3.35. The minimum Gasteiger partial charge on any atom is -0.329 e. The highest BCUT2D eigenvalue weighted by atomic mass is 32.2. The first-order valence-electron chi connectivity index (χ1n) is 7.14. The lowest BCUT2D eigenvalue weighted by molar-refractivity contribution is 0.392. The largest absolute Gasteiger partial charge is 0.329 e. The summed E-state index contributed by atoms with van der Waals surface area (Å²) in [4.78, 5) is 4.32. The molecule has 1 aliphatic heterocycles. The third-order valence-corrected chi connectivity index (χ3v) is 5.88. The van der Waals surface area contributed by atoms with Gasteiger partial charge in [-0.3, -0.25) is 4.98 Å². The van der Waals surface area contributed by atoms with Gasteiger partial charge in [0, 0.05) is 30.7 Å². The number of hydrogen-bond acceptors (Lipinski definition) is 4. The van der Waals surface area contributed by atoms with Crippen LogP contribution in [0.2, 0.25) is 0 Å². The summed E-state index contributed by atoms with van der Waals surface area (Å²) < 4.78 is 26.9. The zero-order valence-electron chi connectivity index (χ0n) is 11.8. The molecule has 1 aromatic carbocycles. The Bertz CT molecular complexity index is 740. The van der Waals surface area contributed by atoms with Crippen LogP contribution in [0.4, 0.5) is 0 Å². The fourth-order valence-corrected chi connectivity index (χ4v) is 4.82. The number of hydrogen-bond donors (Lipinski definition) is 1. The van der Waals surface area contributed by atoms with Crippen molar-refractivity contribution in [1.82, 2.24) is 9.29 Å². The smallest absolute Gasteiger partial charge is 0.218 e. The second-order valence-corrected chi connectivity index (χ2v) is 7.31. The number of fused-ring (bicyclic) bond motifs is 1. The molecule has 0 radical (unpaired) electrons. The Morgan fingerprint density at radius 2 is 2.10 bits per heavy atom. The van der Waals surface area contributed by atoms with Crippen molar-refractivity contribution in [3.05, 3.63) is 42.1 Å². The fraction of sp³-hybridized carbons (Fsp3) is 0.400. The molecule has 2 N–H and O–H groups in total. The van der Waals surface area contributed by atoms with Gasteiger partial charge in [-0.15, -0.1) is 0 Å². The van der Waals surface area contributed by atoms with Gasteiger partial charge in [0.05, 0.1) is 11.3 Å². The van der Waals surface area contributed by atoms with Crippen molar-refractivity contribution in [2.45, 2.75) is 24.6 Å². The number of sulfonamides is 1. The highest BCUT2D eigenvalue weighted by Crippen LogP contribution is 2.25. The minimum absolute atomic E-state index is 0.0160. The van der Waals surface area contributed by atoms with Gasteiger partial charge in [-0.25, -0.2) is 8.42 Å². The van der Waals surface area contributed by atoms with Gasteiger partial charge in [-0.2, -0.15) is 4.31 Å². The van der Waals surface area contributed by atoms with E-state index in [9.17, 15) is 8.42 Å². The normalized spacial score (nSPS) is 20.1. The van der Waals surface area contributed by atoms with Gasteiger partial charge < -0.3 is 5.73 Å². The van der Waals surface area contributed by atoms with Crippen LogP contribution in [0.3, 0.4) is 0 Å². The van der Waals surface area contributed by atoms with Gasteiger partial charge in [0.25, 0.3) is 0 Å². The number of para-hydroxylation sites is 1. The molecular weight excluding hydrogens is 286 g/mol. The van der Waals surface area contributed by atoms with Crippen LogP contribution >= 0.6 is 0 Å². The van der Waals surface area contributed by atoms with Gasteiger partial charge in [0.2, 0.25) is 10.0 Å². The summed E-state index contributed by atoms with van der Waals surface area (Å²) in [5, 5.41) is 0.960. The van der Waals surface area contributed by atoms with Crippen molar-refractivity contribution in [3.8, 4) is 0 Å². The van der Waals surface area contributed by atoms with E-state index in [1.807, 2.05) is 30.3 Å². The number of nitrogens with two attached hydrogens (primary N) is 1. The van der Waals surface area contributed by atoms with Crippen molar-refractivity contribution < 1.29 is 8.42 Å². The number of rotatable bonds is 4. The maximum absolute atomic E-state index is 12.7. The predicted octanol–water partition coefficient (Wildman–Crippen LogP) is 1.49. The Balaban J connectivity index is 1.94. The molecule has 0 aliphatic carbocycles. The molecule has 1 fully saturated rings. The molecule has 0 spiro atoms. The average molecular weight is 305 g/mol. The van der Waals surface area contributed by atoms with E-state index in [0.717, 1.165) is 29.3 Å². The Morgan fingerprint density at radius 3 is 2.90 bits per heavy atom. The Labute approximate surface area is 124 Å². The second-order valence-electron chi connectivity index (χ2n) is 5.39. The van der Waals surface area contributed by atoms with Crippen molar-refractivity contribution >= 4 is 20.9 Å². The molecule has 2 heterocycles. The molecular formula is C15H19N3O2S. The van der Waals surface area contributed by atoms with E-state index in [1.54, 1.807) is 10.5 Å². The summed E-state index contributed by atoms with van der Waals surface area (Å²) in [6, 6.07) is 9.39. The lowest BCUT2D eigenvalue weighted by atomic mass is 10.1. The topological polar surface area (TPSA) is 76.3 Å². The van der Waals surface area contributed by atoms with E-state index in [1.165, 1.54) is 0 Å². The first kappa shape index (κ1) is 14.4.